The van der Waals surface area contributed by atoms with Crippen molar-refractivity contribution < 1.29 is 28.0 Å². The standard InChI is InChI=1S/C17H26BClN2O6S/c1-12-14(18(23)24)9-13(11-28(19,25)26)10-15(12)20-5-7-21(8-6-20)16(22)27-17(2,3)4/h9-10,23-24H,5-8,11H2,1-4H3. The van der Waals surface area contributed by atoms with E-state index in [1.54, 1.807) is 17.9 Å². The lowest BCUT2D eigenvalue weighted by Crippen LogP contribution is -2.50. The highest BCUT2D eigenvalue weighted by Crippen LogP contribution is 2.24. The van der Waals surface area contributed by atoms with Gasteiger partial charge in [-0.25, -0.2) is 13.2 Å². The van der Waals surface area contributed by atoms with Gasteiger partial charge in [0.05, 0.1) is 5.75 Å². The summed E-state index contributed by atoms with van der Waals surface area (Å²) in [5, 5.41) is 19.3. The molecule has 0 saturated carbocycles. The molecule has 0 aromatic heterocycles. The highest BCUT2D eigenvalue weighted by molar-refractivity contribution is 8.13. The number of carbonyl (C=O) groups is 1. The van der Waals surface area contributed by atoms with E-state index in [2.05, 4.69) is 0 Å². The summed E-state index contributed by atoms with van der Waals surface area (Å²) in [6.07, 6.45) is -0.377. The highest BCUT2D eigenvalue weighted by Gasteiger charge is 2.28. The van der Waals surface area contributed by atoms with Crippen LogP contribution in [0.5, 0.6) is 0 Å². The number of ether oxygens (including phenoxy) is 1. The maximum atomic E-state index is 12.2. The molecule has 0 aliphatic carbocycles. The predicted octanol–water partition coefficient (Wildman–Crippen LogP) is 0.801. The van der Waals surface area contributed by atoms with Gasteiger partial charge in [0.2, 0.25) is 9.05 Å². The van der Waals surface area contributed by atoms with Crippen LogP contribution in [0, 0.1) is 6.92 Å². The Morgan fingerprint density at radius 3 is 2.25 bits per heavy atom. The minimum atomic E-state index is -3.80. The average molecular weight is 433 g/mol. The SMILES string of the molecule is Cc1c(B(O)O)cc(CS(=O)(=O)Cl)cc1N1CCN(C(=O)OC(C)(C)C)CC1. The number of anilines is 1. The quantitative estimate of drug-likeness (QED) is 0.535. The number of benzene rings is 1. The molecule has 1 aliphatic heterocycles. The lowest BCUT2D eigenvalue weighted by molar-refractivity contribution is 0.0240. The fourth-order valence-corrected chi connectivity index (χ4v) is 4.06. The van der Waals surface area contributed by atoms with Crippen LogP contribution >= 0.6 is 10.7 Å². The van der Waals surface area contributed by atoms with Gasteiger partial charge in [0.15, 0.2) is 0 Å². The van der Waals surface area contributed by atoms with Crippen LogP contribution in [0.2, 0.25) is 0 Å². The molecule has 28 heavy (non-hydrogen) atoms. The molecule has 0 bridgehead atoms. The van der Waals surface area contributed by atoms with Crippen LogP contribution in [-0.2, 0) is 19.5 Å². The first-order valence-corrected chi connectivity index (χ1v) is 11.4. The maximum absolute atomic E-state index is 12.2. The van der Waals surface area contributed by atoms with Crippen molar-refractivity contribution in [3.8, 4) is 0 Å². The lowest BCUT2D eigenvalue weighted by Gasteiger charge is -2.37. The first-order valence-electron chi connectivity index (χ1n) is 8.91. The molecule has 156 valence electrons. The third-order valence-corrected chi connectivity index (χ3v) is 5.38. The topological polar surface area (TPSA) is 107 Å². The zero-order valence-electron chi connectivity index (χ0n) is 16.5. The Bertz CT molecular complexity index is 833. The van der Waals surface area contributed by atoms with Gasteiger partial charge in [0.25, 0.3) is 0 Å². The van der Waals surface area contributed by atoms with Gasteiger partial charge in [0.1, 0.15) is 5.60 Å². The maximum Gasteiger partial charge on any atom is 0.488 e. The Labute approximate surface area is 170 Å². The van der Waals surface area contributed by atoms with Crippen molar-refractivity contribution in [1.82, 2.24) is 4.90 Å². The van der Waals surface area contributed by atoms with Crippen molar-refractivity contribution in [3.05, 3.63) is 23.3 Å². The molecule has 1 saturated heterocycles. The minimum Gasteiger partial charge on any atom is -0.444 e. The Hall–Kier alpha value is -1.49. The fourth-order valence-electron chi connectivity index (χ4n) is 3.12. The summed E-state index contributed by atoms with van der Waals surface area (Å²) in [5.41, 5.74) is 1.34. The average Bonchev–Trinajstić information content (AvgIpc) is 2.53. The summed E-state index contributed by atoms with van der Waals surface area (Å²) < 4.78 is 28.3. The zero-order chi connectivity index (χ0) is 21.3. The van der Waals surface area contributed by atoms with Gasteiger partial charge in [-0.1, -0.05) is 6.07 Å². The molecule has 8 nitrogen and oxygen atoms in total. The zero-order valence-corrected chi connectivity index (χ0v) is 18.0. The molecule has 1 aromatic carbocycles. The Morgan fingerprint density at radius 2 is 1.79 bits per heavy atom. The third kappa shape index (κ3) is 6.27. The molecule has 1 aromatic rings. The molecule has 0 atom stereocenters. The molecule has 1 aliphatic rings. The van der Waals surface area contributed by atoms with Crippen LogP contribution < -0.4 is 10.4 Å². The van der Waals surface area contributed by atoms with Crippen LogP contribution in [0.25, 0.3) is 0 Å². The number of carbonyl (C=O) groups excluding carboxylic acids is 1. The second-order valence-corrected chi connectivity index (χ2v) is 10.6. The number of amides is 1. The van der Waals surface area contributed by atoms with Crippen molar-refractivity contribution in [2.75, 3.05) is 31.1 Å². The largest absolute Gasteiger partial charge is 0.488 e. The van der Waals surface area contributed by atoms with E-state index in [1.165, 1.54) is 6.07 Å². The number of piperazine rings is 1. The monoisotopic (exact) mass is 432 g/mol. The van der Waals surface area contributed by atoms with Crippen LogP contribution in [0.4, 0.5) is 10.5 Å². The molecule has 2 N–H and O–H groups in total. The van der Waals surface area contributed by atoms with Crippen LogP contribution in [0.3, 0.4) is 0 Å². The molecule has 2 rings (SSSR count). The van der Waals surface area contributed by atoms with E-state index in [1.807, 2.05) is 25.7 Å². The number of hydrogen-bond donors (Lipinski definition) is 2. The van der Waals surface area contributed by atoms with Crippen molar-refractivity contribution in [1.29, 1.82) is 0 Å². The summed E-state index contributed by atoms with van der Waals surface area (Å²) >= 11 is 0. The molecule has 0 radical (unpaired) electrons. The Kier molecular flexibility index (Phi) is 6.91. The summed E-state index contributed by atoms with van der Waals surface area (Å²) in [6, 6.07) is 3.12. The minimum absolute atomic E-state index is 0.224. The molecule has 1 heterocycles. The van der Waals surface area contributed by atoms with E-state index in [0.717, 1.165) is 0 Å². The molecule has 11 heteroatoms. The smallest absolute Gasteiger partial charge is 0.444 e. The Morgan fingerprint density at radius 1 is 1.21 bits per heavy atom. The second kappa shape index (κ2) is 8.48. The van der Waals surface area contributed by atoms with Gasteiger partial charge in [-0.3, -0.25) is 0 Å². The second-order valence-electron chi connectivity index (χ2n) is 7.84. The van der Waals surface area contributed by atoms with Crippen molar-refractivity contribution in [3.63, 3.8) is 0 Å². The summed E-state index contributed by atoms with van der Waals surface area (Å²) in [4.78, 5) is 15.8. The van der Waals surface area contributed by atoms with Gasteiger partial charge in [-0.2, -0.15) is 0 Å². The molecule has 0 unspecified atom stereocenters. The summed E-state index contributed by atoms with van der Waals surface area (Å²) in [7, 11) is -0.173. The molecule has 1 amide bonds. The Balaban J connectivity index is 2.22. The van der Waals surface area contributed by atoms with Crippen LogP contribution in [0.1, 0.15) is 31.9 Å². The first kappa shape index (κ1) is 22.8. The van der Waals surface area contributed by atoms with Gasteiger partial charge < -0.3 is 24.6 Å². The van der Waals surface area contributed by atoms with E-state index in [9.17, 15) is 23.3 Å². The molecule has 1 fully saturated rings. The van der Waals surface area contributed by atoms with E-state index in [4.69, 9.17) is 15.4 Å². The van der Waals surface area contributed by atoms with E-state index in [0.29, 0.717) is 43.0 Å². The summed E-state index contributed by atoms with van der Waals surface area (Å²) in [5.74, 6) is -0.417. The van der Waals surface area contributed by atoms with E-state index >= 15 is 0 Å². The van der Waals surface area contributed by atoms with Crippen LogP contribution in [-0.4, -0.2) is 68.4 Å². The van der Waals surface area contributed by atoms with Gasteiger partial charge in [-0.05, 0) is 50.4 Å². The number of rotatable bonds is 4. The normalized spacial score (nSPS) is 15.5. The van der Waals surface area contributed by atoms with Crippen molar-refractivity contribution in [2.24, 2.45) is 0 Å². The molecular weight excluding hydrogens is 407 g/mol. The van der Waals surface area contributed by atoms with Gasteiger partial charge in [-0.15, -0.1) is 0 Å². The van der Waals surface area contributed by atoms with Gasteiger partial charge >= 0.3 is 13.2 Å². The number of nitrogens with zero attached hydrogens (tertiary/aromatic N) is 2. The van der Waals surface area contributed by atoms with Gasteiger partial charge in [0, 0.05) is 42.5 Å². The molecular formula is C17H26BClN2O6S. The van der Waals surface area contributed by atoms with Crippen molar-refractivity contribution in [2.45, 2.75) is 39.0 Å². The fraction of sp³-hybridized carbons (Fsp3) is 0.588. The van der Waals surface area contributed by atoms with Crippen LogP contribution in [0.15, 0.2) is 12.1 Å². The van der Waals surface area contributed by atoms with Crippen molar-refractivity contribution >= 4 is 44.1 Å². The number of hydrogen-bond acceptors (Lipinski definition) is 7. The van der Waals surface area contributed by atoms with E-state index in [-0.39, 0.29) is 11.6 Å². The van der Waals surface area contributed by atoms with E-state index < -0.39 is 27.5 Å². The summed E-state index contributed by atoms with van der Waals surface area (Å²) in [6.45, 7) is 9.03. The predicted molar refractivity (Wildman–Crippen MR) is 110 cm³/mol. The number of halogens is 1. The highest BCUT2D eigenvalue weighted by atomic mass is 35.7. The lowest BCUT2D eigenvalue weighted by atomic mass is 9.76. The molecule has 0 spiro atoms. The first-order chi connectivity index (χ1) is 12.8. The third-order valence-electron chi connectivity index (χ3n) is 4.37.